The van der Waals surface area contributed by atoms with Crippen molar-refractivity contribution in [3.8, 4) is 0 Å². The van der Waals surface area contributed by atoms with Crippen LogP contribution in [0.5, 0.6) is 0 Å². The van der Waals surface area contributed by atoms with Crippen LogP contribution in [0, 0.1) is 0 Å². The lowest BCUT2D eigenvalue weighted by Crippen LogP contribution is -2.47. The fraction of sp³-hybridized carbons (Fsp3) is 0.263. The van der Waals surface area contributed by atoms with Crippen LogP contribution in [0.1, 0.15) is 18.1 Å². The largest absolute Gasteiger partial charge is 0.357 e. The van der Waals surface area contributed by atoms with E-state index in [1.54, 1.807) is 43.3 Å². The van der Waals surface area contributed by atoms with Crippen molar-refractivity contribution in [2.45, 2.75) is 25.9 Å². The summed E-state index contributed by atoms with van der Waals surface area (Å²) in [5.41, 5.74) is 1.27. The molecule has 8 heteroatoms. The Hall–Kier alpha value is -1.46. The zero-order valence-corrected chi connectivity index (χ0v) is 17.8. The highest BCUT2D eigenvalue weighted by Gasteiger charge is 2.26. The van der Waals surface area contributed by atoms with Gasteiger partial charge in [0.25, 0.3) is 0 Å². The monoisotopic (exact) mass is 446 g/mol. The molecule has 4 nitrogen and oxygen atoms in total. The standard InChI is InChI=1S/C19H18Cl4N2O2/c1-11(19(27)24-2)25(10-12-6-7-16(22)17(23)8-12)18(26)9-13-14(20)4-3-5-15(13)21/h3-8,11H,9-10H2,1-2H3,(H,24,27). The molecule has 1 N–H and O–H groups in total. The van der Waals surface area contributed by atoms with E-state index in [9.17, 15) is 9.59 Å². The first-order chi connectivity index (χ1) is 12.7. The molecule has 27 heavy (non-hydrogen) atoms. The lowest BCUT2D eigenvalue weighted by atomic mass is 10.1. The van der Waals surface area contributed by atoms with Crippen LogP contribution in [-0.4, -0.2) is 29.8 Å². The summed E-state index contributed by atoms with van der Waals surface area (Å²) in [4.78, 5) is 26.6. The van der Waals surface area contributed by atoms with Gasteiger partial charge in [-0.05, 0) is 42.3 Å². The van der Waals surface area contributed by atoms with E-state index >= 15 is 0 Å². The van der Waals surface area contributed by atoms with Crippen LogP contribution in [0.4, 0.5) is 0 Å². The van der Waals surface area contributed by atoms with Crippen molar-refractivity contribution < 1.29 is 9.59 Å². The normalized spacial score (nSPS) is 11.8. The van der Waals surface area contributed by atoms with Gasteiger partial charge in [-0.3, -0.25) is 9.59 Å². The highest BCUT2D eigenvalue weighted by atomic mass is 35.5. The Morgan fingerprint density at radius 2 is 1.63 bits per heavy atom. The number of likely N-dealkylation sites (N-methyl/N-ethyl adjacent to an activating group) is 1. The first-order valence-corrected chi connectivity index (χ1v) is 9.63. The molecule has 0 aliphatic heterocycles. The van der Waals surface area contributed by atoms with Gasteiger partial charge in [0.15, 0.2) is 0 Å². The van der Waals surface area contributed by atoms with Gasteiger partial charge in [-0.25, -0.2) is 0 Å². The van der Waals surface area contributed by atoms with Gasteiger partial charge in [0.1, 0.15) is 6.04 Å². The summed E-state index contributed by atoms with van der Waals surface area (Å²) >= 11 is 24.4. The van der Waals surface area contributed by atoms with E-state index in [0.29, 0.717) is 25.7 Å². The molecule has 2 rings (SSSR count). The minimum Gasteiger partial charge on any atom is -0.357 e. The number of nitrogens with one attached hydrogen (secondary N) is 1. The molecule has 144 valence electrons. The van der Waals surface area contributed by atoms with Crippen molar-refractivity contribution in [3.63, 3.8) is 0 Å². The summed E-state index contributed by atoms with van der Waals surface area (Å²) < 4.78 is 0. The maximum atomic E-state index is 13.0. The van der Waals surface area contributed by atoms with E-state index in [0.717, 1.165) is 5.56 Å². The van der Waals surface area contributed by atoms with Gasteiger partial charge in [-0.1, -0.05) is 58.5 Å². The lowest BCUT2D eigenvalue weighted by Gasteiger charge is -2.29. The Morgan fingerprint density at radius 3 is 2.19 bits per heavy atom. The van der Waals surface area contributed by atoms with Crippen LogP contribution in [0.2, 0.25) is 20.1 Å². The molecule has 1 atom stereocenters. The van der Waals surface area contributed by atoms with Crippen LogP contribution in [0.25, 0.3) is 0 Å². The van der Waals surface area contributed by atoms with E-state index in [4.69, 9.17) is 46.4 Å². The van der Waals surface area contributed by atoms with Crippen LogP contribution in [0.15, 0.2) is 36.4 Å². The Labute approximate surface area is 178 Å². The molecule has 0 aliphatic rings. The maximum Gasteiger partial charge on any atom is 0.242 e. The number of hydrogen-bond acceptors (Lipinski definition) is 2. The van der Waals surface area contributed by atoms with E-state index in [1.807, 2.05) is 0 Å². The van der Waals surface area contributed by atoms with Gasteiger partial charge in [0.2, 0.25) is 11.8 Å². The molecule has 2 aromatic rings. The van der Waals surface area contributed by atoms with Crippen LogP contribution < -0.4 is 5.32 Å². The topological polar surface area (TPSA) is 49.4 Å². The smallest absolute Gasteiger partial charge is 0.242 e. The molecule has 0 heterocycles. The van der Waals surface area contributed by atoms with Crippen LogP contribution >= 0.6 is 46.4 Å². The minimum atomic E-state index is -0.696. The highest BCUT2D eigenvalue weighted by molar-refractivity contribution is 6.42. The molecule has 1 unspecified atom stereocenters. The zero-order valence-electron chi connectivity index (χ0n) is 14.7. The van der Waals surface area contributed by atoms with Gasteiger partial charge in [0.05, 0.1) is 16.5 Å². The second-order valence-corrected chi connectivity index (χ2v) is 7.57. The second-order valence-electron chi connectivity index (χ2n) is 5.94. The fourth-order valence-corrected chi connectivity index (χ4v) is 3.43. The highest BCUT2D eigenvalue weighted by Crippen LogP contribution is 2.27. The third-order valence-corrected chi connectivity index (χ3v) is 5.59. The van der Waals surface area contributed by atoms with Gasteiger partial charge in [-0.2, -0.15) is 0 Å². The second kappa shape index (κ2) is 9.65. The third-order valence-electron chi connectivity index (χ3n) is 4.14. The first-order valence-electron chi connectivity index (χ1n) is 8.12. The average molecular weight is 448 g/mol. The number of amides is 2. The van der Waals surface area contributed by atoms with E-state index < -0.39 is 6.04 Å². The molecular weight excluding hydrogens is 430 g/mol. The zero-order chi connectivity index (χ0) is 20.1. The van der Waals surface area contributed by atoms with Crippen LogP contribution in [0.3, 0.4) is 0 Å². The van der Waals surface area contributed by atoms with Crippen molar-refractivity contribution in [1.82, 2.24) is 10.2 Å². The van der Waals surface area contributed by atoms with Gasteiger partial charge in [-0.15, -0.1) is 0 Å². The average Bonchev–Trinajstić information content (AvgIpc) is 2.64. The molecule has 0 bridgehead atoms. The lowest BCUT2D eigenvalue weighted by molar-refractivity contribution is -0.139. The Kier molecular flexibility index (Phi) is 7.80. The van der Waals surface area contributed by atoms with E-state index in [1.165, 1.54) is 11.9 Å². The summed E-state index contributed by atoms with van der Waals surface area (Å²) in [5, 5.41) is 4.16. The van der Waals surface area contributed by atoms with Crippen molar-refractivity contribution in [2.75, 3.05) is 7.05 Å². The molecule has 0 fully saturated rings. The Morgan fingerprint density at radius 1 is 1.00 bits per heavy atom. The Bertz CT molecular complexity index is 837. The first kappa shape index (κ1) is 21.8. The number of nitrogens with zero attached hydrogens (tertiary/aromatic N) is 1. The number of carbonyl (C=O) groups excluding carboxylic acids is 2. The number of carbonyl (C=O) groups is 2. The molecule has 0 radical (unpaired) electrons. The minimum absolute atomic E-state index is 0.0266. The number of rotatable bonds is 6. The molecule has 0 aliphatic carbocycles. The molecule has 0 spiro atoms. The maximum absolute atomic E-state index is 13.0. The van der Waals surface area contributed by atoms with E-state index in [2.05, 4.69) is 5.32 Å². The SMILES string of the molecule is CNC(=O)C(C)N(Cc1ccc(Cl)c(Cl)c1)C(=O)Cc1c(Cl)cccc1Cl. The molecule has 2 amide bonds. The fourth-order valence-electron chi connectivity index (χ4n) is 2.58. The van der Waals surface area contributed by atoms with Gasteiger partial charge in [0, 0.05) is 23.6 Å². The molecule has 0 aromatic heterocycles. The summed E-state index contributed by atoms with van der Waals surface area (Å²) in [5.74, 6) is -0.569. The van der Waals surface area contributed by atoms with Crippen molar-refractivity contribution >= 4 is 58.2 Å². The van der Waals surface area contributed by atoms with Gasteiger partial charge < -0.3 is 10.2 Å². The Balaban J connectivity index is 2.32. The van der Waals surface area contributed by atoms with Crippen LogP contribution in [-0.2, 0) is 22.6 Å². The van der Waals surface area contributed by atoms with Crippen molar-refractivity contribution in [1.29, 1.82) is 0 Å². The summed E-state index contributed by atoms with van der Waals surface area (Å²) in [6, 6.07) is 9.43. The van der Waals surface area contributed by atoms with Gasteiger partial charge >= 0.3 is 0 Å². The quantitative estimate of drug-likeness (QED) is 0.676. The van der Waals surface area contributed by atoms with Crippen molar-refractivity contribution in [3.05, 3.63) is 67.6 Å². The van der Waals surface area contributed by atoms with Crippen molar-refractivity contribution in [2.24, 2.45) is 0 Å². The summed E-state index contributed by atoms with van der Waals surface area (Å²) in [6.07, 6.45) is -0.0266. The predicted molar refractivity (Wildman–Crippen MR) is 111 cm³/mol. The van der Waals surface area contributed by atoms with E-state index in [-0.39, 0.29) is 24.8 Å². The summed E-state index contributed by atoms with van der Waals surface area (Å²) in [7, 11) is 1.52. The molecule has 0 saturated carbocycles. The molecular formula is C19H18Cl4N2O2. The third kappa shape index (κ3) is 5.52. The number of halogens is 4. The molecule has 0 saturated heterocycles. The number of hydrogen-bond donors (Lipinski definition) is 1. The number of benzene rings is 2. The molecule has 2 aromatic carbocycles. The summed E-state index contributed by atoms with van der Waals surface area (Å²) in [6.45, 7) is 1.84. The predicted octanol–water partition coefficient (Wildman–Crippen LogP) is 5.01.